The van der Waals surface area contributed by atoms with Crippen molar-refractivity contribution in [3.05, 3.63) is 66.7 Å². The second kappa shape index (κ2) is 5.19. The van der Waals surface area contributed by atoms with Crippen LogP contribution in [0.5, 0.6) is 0 Å². The van der Waals surface area contributed by atoms with Gasteiger partial charge in [-0.2, -0.15) is 0 Å². The standard InChI is InChI=1S/C19H16N2O/c1-2-21-16-11-7-6-10-15(16)20-19(21)18-13-12-17(22-18)14-8-4-3-5-9-14/h3-13H,2H2,1H3. The maximum absolute atomic E-state index is 6.04. The molecule has 0 N–H and O–H groups in total. The molecule has 0 atom stereocenters. The number of benzene rings is 2. The predicted molar refractivity (Wildman–Crippen MR) is 88.5 cm³/mol. The number of fused-ring (bicyclic) bond motifs is 1. The number of nitrogens with zero attached hydrogens (tertiary/aromatic N) is 2. The number of aryl methyl sites for hydroxylation is 1. The molecule has 0 aliphatic carbocycles. The minimum atomic E-state index is 0.803. The van der Waals surface area contributed by atoms with Gasteiger partial charge < -0.3 is 8.98 Å². The van der Waals surface area contributed by atoms with Crippen molar-refractivity contribution in [3.8, 4) is 22.9 Å². The summed E-state index contributed by atoms with van der Waals surface area (Å²) in [6.45, 7) is 2.98. The van der Waals surface area contributed by atoms with E-state index < -0.39 is 0 Å². The summed E-state index contributed by atoms with van der Waals surface area (Å²) in [4.78, 5) is 4.73. The van der Waals surface area contributed by atoms with Crippen LogP contribution < -0.4 is 0 Å². The summed E-state index contributed by atoms with van der Waals surface area (Å²) in [6.07, 6.45) is 0. The van der Waals surface area contributed by atoms with Crippen molar-refractivity contribution in [1.29, 1.82) is 0 Å². The smallest absolute Gasteiger partial charge is 0.177 e. The van der Waals surface area contributed by atoms with Gasteiger partial charge in [-0.05, 0) is 31.2 Å². The lowest BCUT2D eigenvalue weighted by Gasteiger charge is -2.03. The molecule has 4 rings (SSSR count). The molecule has 0 spiro atoms. The average Bonchev–Trinajstić information content (AvgIpc) is 3.20. The highest BCUT2D eigenvalue weighted by atomic mass is 16.3. The highest BCUT2D eigenvalue weighted by Crippen LogP contribution is 2.30. The van der Waals surface area contributed by atoms with Gasteiger partial charge in [-0.1, -0.05) is 42.5 Å². The molecule has 0 aliphatic heterocycles. The predicted octanol–water partition coefficient (Wildman–Crippen LogP) is 4.98. The van der Waals surface area contributed by atoms with Crippen molar-refractivity contribution >= 4 is 11.0 Å². The van der Waals surface area contributed by atoms with E-state index in [-0.39, 0.29) is 0 Å². The average molecular weight is 288 g/mol. The first-order chi connectivity index (χ1) is 10.9. The zero-order chi connectivity index (χ0) is 14.9. The lowest BCUT2D eigenvalue weighted by molar-refractivity contribution is 0.586. The molecular weight excluding hydrogens is 272 g/mol. The second-order valence-corrected chi connectivity index (χ2v) is 5.20. The third-order valence-corrected chi connectivity index (χ3v) is 3.86. The Hall–Kier alpha value is -2.81. The molecule has 108 valence electrons. The molecule has 0 saturated heterocycles. The van der Waals surface area contributed by atoms with Gasteiger partial charge in [0.15, 0.2) is 11.6 Å². The molecule has 0 bridgehead atoms. The molecule has 0 unspecified atom stereocenters. The molecule has 3 heteroatoms. The molecule has 0 saturated carbocycles. The van der Waals surface area contributed by atoms with Crippen molar-refractivity contribution < 1.29 is 4.42 Å². The largest absolute Gasteiger partial charge is 0.453 e. The van der Waals surface area contributed by atoms with Crippen LogP contribution in [0.25, 0.3) is 33.9 Å². The van der Waals surface area contributed by atoms with Gasteiger partial charge in [-0.25, -0.2) is 4.98 Å². The summed E-state index contributed by atoms with van der Waals surface area (Å²) in [7, 11) is 0. The summed E-state index contributed by atoms with van der Waals surface area (Å²) in [5.74, 6) is 2.55. The Bertz CT molecular complexity index is 919. The van der Waals surface area contributed by atoms with Crippen molar-refractivity contribution in [2.24, 2.45) is 0 Å². The highest BCUT2D eigenvalue weighted by Gasteiger charge is 2.15. The van der Waals surface area contributed by atoms with Gasteiger partial charge in [0.25, 0.3) is 0 Å². The molecule has 2 aromatic heterocycles. The highest BCUT2D eigenvalue weighted by molar-refractivity contribution is 5.80. The summed E-state index contributed by atoms with van der Waals surface area (Å²) >= 11 is 0. The van der Waals surface area contributed by atoms with E-state index in [0.29, 0.717) is 0 Å². The number of hydrogen-bond acceptors (Lipinski definition) is 2. The van der Waals surface area contributed by atoms with Crippen LogP contribution in [-0.2, 0) is 6.54 Å². The van der Waals surface area contributed by atoms with Crippen molar-refractivity contribution in [3.63, 3.8) is 0 Å². The monoisotopic (exact) mass is 288 g/mol. The van der Waals surface area contributed by atoms with Crippen LogP contribution >= 0.6 is 0 Å². The topological polar surface area (TPSA) is 31.0 Å². The first-order valence-electron chi connectivity index (χ1n) is 7.47. The van der Waals surface area contributed by atoms with Crippen LogP contribution in [0, 0.1) is 0 Å². The summed E-state index contributed by atoms with van der Waals surface area (Å²) in [6, 6.07) is 22.3. The minimum Gasteiger partial charge on any atom is -0.453 e. The number of rotatable bonds is 3. The zero-order valence-corrected chi connectivity index (χ0v) is 12.4. The minimum absolute atomic E-state index is 0.803. The SMILES string of the molecule is CCn1c(-c2ccc(-c3ccccc3)o2)nc2ccccc21. The van der Waals surface area contributed by atoms with E-state index in [2.05, 4.69) is 17.6 Å². The zero-order valence-electron chi connectivity index (χ0n) is 12.4. The summed E-state index contributed by atoms with van der Waals surface area (Å²) < 4.78 is 8.23. The van der Waals surface area contributed by atoms with E-state index in [4.69, 9.17) is 9.40 Å². The Morgan fingerprint density at radius 2 is 1.59 bits per heavy atom. The van der Waals surface area contributed by atoms with Crippen LogP contribution in [0.3, 0.4) is 0 Å². The number of furan rings is 1. The fourth-order valence-corrected chi connectivity index (χ4v) is 2.80. The third kappa shape index (κ3) is 2.02. The maximum atomic E-state index is 6.04. The Labute approximate surface area is 128 Å². The van der Waals surface area contributed by atoms with E-state index in [1.54, 1.807) is 0 Å². The number of imidazole rings is 1. The van der Waals surface area contributed by atoms with Gasteiger partial charge in [0.1, 0.15) is 5.76 Å². The molecule has 22 heavy (non-hydrogen) atoms. The van der Waals surface area contributed by atoms with Gasteiger partial charge in [-0.15, -0.1) is 0 Å². The molecular formula is C19H16N2O. The van der Waals surface area contributed by atoms with Crippen LogP contribution in [-0.4, -0.2) is 9.55 Å². The second-order valence-electron chi connectivity index (χ2n) is 5.20. The first kappa shape index (κ1) is 12.9. The lowest BCUT2D eigenvalue weighted by Crippen LogP contribution is -1.96. The van der Waals surface area contributed by atoms with Crippen LogP contribution in [0.15, 0.2) is 71.1 Å². The van der Waals surface area contributed by atoms with E-state index >= 15 is 0 Å². The molecule has 2 aromatic carbocycles. The number of para-hydroxylation sites is 2. The van der Waals surface area contributed by atoms with Gasteiger partial charge in [-0.3, -0.25) is 0 Å². The Morgan fingerprint density at radius 1 is 0.864 bits per heavy atom. The third-order valence-electron chi connectivity index (χ3n) is 3.86. The molecule has 0 radical (unpaired) electrons. The number of aromatic nitrogens is 2. The fraction of sp³-hybridized carbons (Fsp3) is 0.105. The summed E-state index contributed by atoms with van der Waals surface area (Å²) in [5, 5.41) is 0. The fourth-order valence-electron chi connectivity index (χ4n) is 2.80. The maximum Gasteiger partial charge on any atom is 0.177 e. The Morgan fingerprint density at radius 3 is 2.41 bits per heavy atom. The van der Waals surface area contributed by atoms with Crippen LogP contribution in [0.4, 0.5) is 0 Å². The van der Waals surface area contributed by atoms with Gasteiger partial charge in [0.05, 0.1) is 11.0 Å². The first-order valence-corrected chi connectivity index (χ1v) is 7.47. The molecule has 0 aliphatic rings. The molecule has 0 amide bonds. The molecule has 4 aromatic rings. The lowest BCUT2D eigenvalue weighted by atomic mass is 10.2. The quantitative estimate of drug-likeness (QED) is 0.532. The van der Waals surface area contributed by atoms with Crippen molar-refractivity contribution in [1.82, 2.24) is 9.55 Å². The Balaban J connectivity index is 1.84. The van der Waals surface area contributed by atoms with Crippen molar-refractivity contribution in [2.45, 2.75) is 13.5 Å². The number of hydrogen-bond donors (Lipinski definition) is 0. The van der Waals surface area contributed by atoms with Gasteiger partial charge in [0.2, 0.25) is 0 Å². The summed E-state index contributed by atoms with van der Waals surface area (Å²) in [5.41, 5.74) is 3.21. The van der Waals surface area contributed by atoms with E-state index in [1.807, 2.05) is 60.7 Å². The molecule has 2 heterocycles. The molecule has 0 fully saturated rings. The van der Waals surface area contributed by atoms with E-state index in [9.17, 15) is 0 Å². The van der Waals surface area contributed by atoms with E-state index in [1.165, 1.54) is 0 Å². The van der Waals surface area contributed by atoms with Gasteiger partial charge >= 0.3 is 0 Å². The van der Waals surface area contributed by atoms with Crippen LogP contribution in [0.1, 0.15) is 6.92 Å². The van der Waals surface area contributed by atoms with E-state index in [0.717, 1.165) is 40.5 Å². The molecule has 3 nitrogen and oxygen atoms in total. The van der Waals surface area contributed by atoms with Gasteiger partial charge in [0, 0.05) is 12.1 Å². The van der Waals surface area contributed by atoms with Crippen molar-refractivity contribution in [2.75, 3.05) is 0 Å². The normalized spacial score (nSPS) is 11.1. The van der Waals surface area contributed by atoms with Crippen LogP contribution in [0.2, 0.25) is 0 Å². The Kier molecular flexibility index (Phi) is 3.04.